The molecule has 0 unspecified atom stereocenters. The fourth-order valence-corrected chi connectivity index (χ4v) is 3.57. The van der Waals surface area contributed by atoms with E-state index in [2.05, 4.69) is 0 Å². The van der Waals surface area contributed by atoms with Crippen LogP contribution in [-0.2, 0) is 30.4 Å². The molecule has 0 aromatic heterocycles. The lowest BCUT2D eigenvalue weighted by Crippen LogP contribution is -2.36. The summed E-state index contributed by atoms with van der Waals surface area (Å²) in [6.45, 7) is 3.85. The monoisotopic (exact) mass is 513 g/mol. The summed E-state index contributed by atoms with van der Waals surface area (Å²) in [5.41, 5.74) is 0.444. The molecule has 0 saturated carbocycles. The molecule has 0 fully saturated rings. The second-order valence-corrected chi connectivity index (χ2v) is 8.90. The fraction of sp³-hybridized carbons (Fsp3) is 0.640. The summed E-state index contributed by atoms with van der Waals surface area (Å²) >= 11 is 1.69. The van der Waals surface area contributed by atoms with Gasteiger partial charge in [0.1, 0.15) is 11.5 Å². The molecular weight excluding hydrogens is 474 g/mol. The molecule has 1 rings (SSSR count). The van der Waals surface area contributed by atoms with Crippen molar-refractivity contribution in [2.24, 2.45) is 0 Å². The van der Waals surface area contributed by atoms with Crippen LogP contribution in [0.15, 0.2) is 18.2 Å². The molecular formula is C25H39NO8S. The van der Waals surface area contributed by atoms with Crippen molar-refractivity contribution < 1.29 is 38.8 Å². The molecule has 0 bridgehead atoms. The van der Waals surface area contributed by atoms with Crippen molar-refractivity contribution in [2.45, 2.75) is 45.6 Å². The van der Waals surface area contributed by atoms with Crippen molar-refractivity contribution >= 4 is 29.4 Å². The van der Waals surface area contributed by atoms with Gasteiger partial charge in [0.2, 0.25) is 5.91 Å². The van der Waals surface area contributed by atoms with Crippen LogP contribution < -0.4 is 0 Å². The lowest BCUT2D eigenvalue weighted by molar-refractivity contribution is -0.126. The maximum Gasteiger partial charge on any atom is 0.264 e. The Kier molecular flexibility index (Phi) is 17.1. The van der Waals surface area contributed by atoms with Gasteiger partial charge in [-0.25, -0.2) is 0 Å². The van der Waals surface area contributed by atoms with Crippen LogP contribution in [0.3, 0.4) is 0 Å². The third-order valence-corrected chi connectivity index (χ3v) is 5.71. The van der Waals surface area contributed by atoms with Crippen LogP contribution in [0.25, 0.3) is 0 Å². The van der Waals surface area contributed by atoms with Crippen molar-refractivity contribution in [3.63, 3.8) is 0 Å². The zero-order chi connectivity index (χ0) is 25.9. The minimum absolute atomic E-state index is 0.0251. The number of unbranched alkanes of at least 4 members (excludes halogenated alkanes) is 1. The Morgan fingerprint density at radius 3 is 2.14 bits per heavy atom. The number of nitrogens with zero attached hydrogens (tertiary/aromatic N) is 1. The predicted molar refractivity (Wildman–Crippen MR) is 135 cm³/mol. The number of hydrogen-bond donors (Lipinski definition) is 2. The number of carbonyl (C=O) groups excluding carboxylic acids is 3. The van der Waals surface area contributed by atoms with E-state index in [0.717, 1.165) is 23.5 Å². The second kappa shape index (κ2) is 19.2. The van der Waals surface area contributed by atoms with Gasteiger partial charge in [0.05, 0.1) is 38.6 Å². The SMILES string of the molecule is CSCCC(=O)CCCCOCCOCCOCCCN(C(C)=O)C(=O)c1cc(CO)ccc1O. The van der Waals surface area contributed by atoms with Crippen molar-refractivity contribution in [1.82, 2.24) is 4.90 Å². The summed E-state index contributed by atoms with van der Waals surface area (Å²) < 4.78 is 16.4. The normalized spacial score (nSPS) is 10.9. The lowest BCUT2D eigenvalue weighted by atomic mass is 10.1. The van der Waals surface area contributed by atoms with Gasteiger partial charge in [0.15, 0.2) is 0 Å². The number of aromatic hydroxyl groups is 1. The molecule has 10 heteroatoms. The van der Waals surface area contributed by atoms with E-state index in [9.17, 15) is 24.6 Å². The number of Topliss-reactive ketones (excluding diaryl/α,β-unsaturated/α-hetero) is 1. The van der Waals surface area contributed by atoms with Crippen LogP contribution in [-0.4, -0.2) is 90.9 Å². The average molecular weight is 514 g/mol. The van der Waals surface area contributed by atoms with Crippen LogP contribution in [0.4, 0.5) is 0 Å². The number of hydrogen-bond acceptors (Lipinski definition) is 9. The van der Waals surface area contributed by atoms with E-state index in [1.807, 2.05) is 6.26 Å². The number of aliphatic hydroxyl groups excluding tert-OH is 1. The first-order valence-electron chi connectivity index (χ1n) is 11.9. The number of carbonyl (C=O) groups is 3. The lowest BCUT2D eigenvalue weighted by Gasteiger charge is -2.20. The third kappa shape index (κ3) is 13.6. The van der Waals surface area contributed by atoms with Crippen LogP contribution in [0.1, 0.15) is 54.9 Å². The van der Waals surface area contributed by atoms with E-state index in [0.29, 0.717) is 70.3 Å². The molecule has 0 radical (unpaired) electrons. The number of rotatable bonds is 20. The van der Waals surface area contributed by atoms with Gasteiger partial charge < -0.3 is 24.4 Å². The maximum atomic E-state index is 12.7. The summed E-state index contributed by atoms with van der Waals surface area (Å²) in [7, 11) is 0. The Morgan fingerprint density at radius 2 is 1.54 bits per heavy atom. The fourth-order valence-electron chi connectivity index (χ4n) is 3.13. The van der Waals surface area contributed by atoms with Gasteiger partial charge in [-0.15, -0.1) is 0 Å². The Hall–Kier alpha value is -1.98. The molecule has 0 aliphatic carbocycles. The molecule has 0 spiro atoms. The van der Waals surface area contributed by atoms with Crippen LogP contribution in [0.2, 0.25) is 0 Å². The minimum atomic E-state index is -0.615. The quantitative estimate of drug-likeness (QED) is 0.253. The first-order chi connectivity index (χ1) is 16.9. The van der Waals surface area contributed by atoms with Gasteiger partial charge in [-0.1, -0.05) is 6.07 Å². The molecule has 0 heterocycles. The summed E-state index contributed by atoms with van der Waals surface area (Å²) in [5, 5.41) is 19.2. The van der Waals surface area contributed by atoms with Gasteiger partial charge in [-0.3, -0.25) is 19.3 Å². The van der Waals surface area contributed by atoms with E-state index in [4.69, 9.17) is 14.2 Å². The van der Waals surface area contributed by atoms with Crippen LogP contribution in [0.5, 0.6) is 5.75 Å². The van der Waals surface area contributed by atoms with E-state index in [1.54, 1.807) is 11.8 Å². The van der Waals surface area contributed by atoms with Gasteiger partial charge in [-0.05, 0) is 49.0 Å². The van der Waals surface area contributed by atoms with Crippen molar-refractivity contribution in [1.29, 1.82) is 0 Å². The Bertz CT molecular complexity index is 774. The predicted octanol–water partition coefficient (Wildman–Crippen LogP) is 2.81. The Morgan fingerprint density at radius 1 is 0.914 bits per heavy atom. The minimum Gasteiger partial charge on any atom is -0.507 e. The number of ketones is 1. The topological polar surface area (TPSA) is 123 Å². The largest absolute Gasteiger partial charge is 0.507 e. The number of ether oxygens (including phenoxy) is 3. The highest BCUT2D eigenvalue weighted by atomic mass is 32.2. The van der Waals surface area contributed by atoms with E-state index < -0.39 is 11.8 Å². The molecule has 0 saturated heterocycles. The highest BCUT2D eigenvalue weighted by Gasteiger charge is 2.22. The number of imide groups is 1. The average Bonchev–Trinajstić information content (AvgIpc) is 2.84. The summed E-state index contributed by atoms with van der Waals surface area (Å²) in [6.07, 6.45) is 5.42. The molecule has 2 amide bonds. The van der Waals surface area contributed by atoms with Crippen molar-refractivity contribution in [2.75, 3.05) is 58.2 Å². The Labute approximate surface area is 212 Å². The molecule has 0 aliphatic rings. The third-order valence-electron chi connectivity index (χ3n) is 5.09. The first kappa shape index (κ1) is 31.1. The molecule has 9 nitrogen and oxygen atoms in total. The van der Waals surface area contributed by atoms with Gasteiger partial charge in [0, 0.05) is 39.5 Å². The molecule has 35 heavy (non-hydrogen) atoms. The number of benzene rings is 1. The summed E-state index contributed by atoms with van der Waals surface area (Å²) in [4.78, 5) is 37.2. The molecule has 198 valence electrons. The smallest absolute Gasteiger partial charge is 0.264 e. The standard InChI is InChI=1S/C25H39NO8S/c1-20(28)26(25(31)23-18-21(19-27)7-8-24(23)30)10-5-12-33-14-16-34-15-13-32-11-4-3-6-22(29)9-17-35-2/h7-8,18,27,30H,3-6,9-17,19H2,1-2H3. The first-order valence-corrected chi connectivity index (χ1v) is 13.3. The highest BCUT2D eigenvalue weighted by molar-refractivity contribution is 7.98. The van der Waals surface area contributed by atoms with Gasteiger partial charge in [-0.2, -0.15) is 11.8 Å². The van der Waals surface area contributed by atoms with Crippen LogP contribution >= 0.6 is 11.8 Å². The van der Waals surface area contributed by atoms with E-state index in [-0.39, 0.29) is 24.5 Å². The maximum absolute atomic E-state index is 12.7. The second-order valence-electron chi connectivity index (χ2n) is 7.91. The summed E-state index contributed by atoms with van der Waals surface area (Å²) in [5.74, 6) is -0.0903. The molecule has 1 aromatic rings. The molecule has 0 atom stereocenters. The van der Waals surface area contributed by atoms with Gasteiger partial charge >= 0.3 is 0 Å². The van der Waals surface area contributed by atoms with Crippen molar-refractivity contribution in [3.8, 4) is 5.75 Å². The number of amides is 2. The van der Waals surface area contributed by atoms with E-state index in [1.165, 1.54) is 25.1 Å². The number of phenolic OH excluding ortho intramolecular Hbond substituents is 1. The molecule has 0 aliphatic heterocycles. The van der Waals surface area contributed by atoms with Crippen LogP contribution in [0, 0.1) is 0 Å². The van der Waals surface area contributed by atoms with E-state index >= 15 is 0 Å². The number of phenols is 1. The summed E-state index contributed by atoms with van der Waals surface area (Å²) in [6, 6.07) is 4.20. The highest BCUT2D eigenvalue weighted by Crippen LogP contribution is 2.21. The molecule has 1 aromatic carbocycles. The number of aliphatic hydroxyl groups is 1. The zero-order valence-electron chi connectivity index (χ0n) is 20.8. The number of thioether (sulfide) groups is 1. The molecule has 2 N–H and O–H groups in total. The Balaban J connectivity index is 2.09. The van der Waals surface area contributed by atoms with Gasteiger partial charge in [0.25, 0.3) is 5.91 Å². The zero-order valence-corrected chi connectivity index (χ0v) is 21.6. The van der Waals surface area contributed by atoms with Crippen molar-refractivity contribution in [3.05, 3.63) is 29.3 Å².